The van der Waals surface area contributed by atoms with Gasteiger partial charge in [0.25, 0.3) is 0 Å². The highest BCUT2D eigenvalue weighted by Gasteiger charge is 2.36. The molecule has 34 heavy (non-hydrogen) atoms. The second-order valence-electron chi connectivity index (χ2n) is 9.80. The highest BCUT2D eigenvalue weighted by atomic mass is 16.6. The number of aromatic nitrogens is 3. The smallest absolute Gasteiger partial charge is 0.410 e. The Hall–Kier alpha value is -3.19. The molecule has 2 aromatic carbocycles. The molecule has 2 atom stereocenters. The Kier molecular flexibility index (Phi) is 7.63. The first-order valence-corrected chi connectivity index (χ1v) is 11.9. The first-order valence-electron chi connectivity index (χ1n) is 11.9. The second kappa shape index (κ2) is 10.8. The van der Waals surface area contributed by atoms with Gasteiger partial charge in [-0.25, -0.2) is 4.79 Å². The first kappa shape index (κ1) is 24.0. The van der Waals surface area contributed by atoms with E-state index in [1.54, 1.807) is 4.90 Å². The Morgan fingerprint density at radius 3 is 2.38 bits per heavy atom. The predicted molar refractivity (Wildman–Crippen MR) is 130 cm³/mol. The number of hydrogen-bond acceptors (Lipinski definition) is 5. The highest BCUT2D eigenvalue weighted by Crippen LogP contribution is 2.30. The highest BCUT2D eigenvalue weighted by molar-refractivity contribution is 5.68. The maximum atomic E-state index is 12.7. The molecule has 0 bridgehead atoms. The van der Waals surface area contributed by atoms with Gasteiger partial charge in [0.1, 0.15) is 5.60 Å². The van der Waals surface area contributed by atoms with Crippen LogP contribution in [0.5, 0.6) is 0 Å². The summed E-state index contributed by atoms with van der Waals surface area (Å²) in [5.41, 5.74) is 2.75. The van der Waals surface area contributed by atoms with Crippen LogP contribution in [0.2, 0.25) is 0 Å². The number of rotatable bonds is 7. The lowest BCUT2D eigenvalue weighted by Gasteiger charge is -2.38. The van der Waals surface area contributed by atoms with E-state index < -0.39 is 5.60 Å². The van der Waals surface area contributed by atoms with Crippen molar-refractivity contribution in [3.63, 3.8) is 0 Å². The van der Waals surface area contributed by atoms with Crippen LogP contribution in [0.4, 0.5) is 4.79 Å². The summed E-state index contributed by atoms with van der Waals surface area (Å²) in [6.07, 6.45) is 3.17. The van der Waals surface area contributed by atoms with E-state index in [-0.39, 0.29) is 18.1 Å². The van der Waals surface area contributed by atoms with E-state index in [1.807, 2.05) is 68.0 Å². The Balaban J connectivity index is 1.44. The van der Waals surface area contributed by atoms with Crippen LogP contribution in [0.3, 0.4) is 0 Å². The summed E-state index contributed by atoms with van der Waals surface area (Å²) in [6, 6.07) is 20.5. The maximum Gasteiger partial charge on any atom is 0.410 e. The third-order valence-corrected chi connectivity index (χ3v) is 5.93. The molecule has 4 rings (SSSR count). The molecule has 2 heterocycles. The van der Waals surface area contributed by atoms with E-state index in [1.165, 1.54) is 5.56 Å². The molecule has 1 saturated heterocycles. The molecule has 1 aliphatic rings. The third-order valence-electron chi connectivity index (χ3n) is 5.93. The summed E-state index contributed by atoms with van der Waals surface area (Å²) >= 11 is 0. The summed E-state index contributed by atoms with van der Waals surface area (Å²) in [5.74, 6) is 0.0628. The average Bonchev–Trinajstić information content (AvgIpc) is 3.30. The van der Waals surface area contributed by atoms with Crippen LogP contribution in [-0.2, 0) is 29.0 Å². The SMILES string of the molecule is CC(C)(C)OC(=O)N1CC[C@@H](c2cn(CCc3ccccc3)nn2)[C@H](OCc2ccccc2)C1. The van der Waals surface area contributed by atoms with Crippen molar-refractivity contribution in [2.24, 2.45) is 0 Å². The van der Waals surface area contributed by atoms with Crippen LogP contribution < -0.4 is 0 Å². The molecular weight excluding hydrogens is 428 g/mol. The fraction of sp³-hybridized carbons (Fsp3) is 0.444. The first-order chi connectivity index (χ1) is 16.4. The Bertz CT molecular complexity index is 1050. The van der Waals surface area contributed by atoms with Gasteiger partial charge in [-0.1, -0.05) is 65.9 Å². The molecule has 1 fully saturated rings. The van der Waals surface area contributed by atoms with Crippen LogP contribution in [0.15, 0.2) is 66.9 Å². The molecular formula is C27H34N4O3. The van der Waals surface area contributed by atoms with Gasteiger partial charge in [-0.3, -0.25) is 4.68 Å². The molecule has 1 aromatic heterocycles. The van der Waals surface area contributed by atoms with Gasteiger partial charge in [0.2, 0.25) is 0 Å². The normalized spacial score (nSPS) is 18.6. The van der Waals surface area contributed by atoms with Gasteiger partial charge in [0.05, 0.1) is 24.9 Å². The molecule has 1 amide bonds. The zero-order valence-electron chi connectivity index (χ0n) is 20.3. The van der Waals surface area contributed by atoms with Crippen LogP contribution in [0.1, 0.15) is 49.9 Å². The van der Waals surface area contributed by atoms with Crippen molar-refractivity contribution in [3.8, 4) is 0 Å². The molecule has 7 heteroatoms. The van der Waals surface area contributed by atoms with Crippen molar-refractivity contribution in [1.82, 2.24) is 19.9 Å². The number of carbonyl (C=O) groups excluding carboxylic acids is 1. The van der Waals surface area contributed by atoms with E-state index in [0.717, 1.165) is 30.6 Å². The van der Waals surface area contributed by atoms with Crippen molar-refractivity contribution in [2.45, 2.75) is 64.4 Å². The lowest BCUT2D eigenvalue weighted by atomic mass is 9.91. The number of nitrogens with zero attached hydrogens (tertiary/aromatic N) is 4. The standard InChI is InChI=1S/C27H34N4O3/c1-27(2,3)34-26(32)30-16-15-23(25(19-30)33-20-22-12-8-5-9-13-22)24-18-31(29-28-24)17-14-21-10-6-4-7-11-21/h4-13,18,23,25H,14-17,19-20H2,1-3H3/t23-,25+/m0/s1. The minimum atomic E-state index is -0.532. The van der Waals surface area contributed by atoms with Crippen LogP contribution >= 0.6 is 0 Å². The van der Waals surface area contributed by atoms with Crippen LogP contribution in [-0.4, -0.2) is 50.8 Å². The lowest BCUT2D eigenvalue weighted by Crippen LogP contribution is -2.48. The van der Waals surface area contributed by atoms with Gasteiger partial charge in [0, 0.05) is 25.2 Å². The fourth-order valence-corrected chi connectivity index (χ4v) is 4.17. The van der Waals surface area contributed by atoms with Crippen molar-refractivity contribution >= 4 is 6.09 Å². The zero-order valence-corrected chi connectivity index (χ0v) is 20.3. The number of piperidine rings is 1. The molecule has 3 aromatic rings. The van der Waals surface area contributed by atoms with Gasteiger partial charge < -0.3 is 14.4 Å². The van der Waals surface area contributed by atoms with Crippen LogP contribution in [0, 0.1) is 0 Å². The van der Waals surface area contributed by atoms with Gasteiger partial charge in [-0.15, -0.1) is 5.10 Å². The number of carbonyl (C=O) groups is 1. The molecule has 180 valence electrons. The molecule has 0 unspecified atom stereocenters. The average molecular weight is 463 g/mol. The number of amides is 1. The topological polar surface area (TPSA) is 69.5 Å². The fourth-order valence-electron chi connectivity index (χ4n) is 4.17. The molecule has 1 aliphatic heterocycles. The number of ether oxygens (including phenoxy) is 2. The Morgan fingerprint density at radius 2 is 1.71 bits per heavy atom. The predicted octanol–water partition coefficient (Wildman–Crippen LogP) is 4.83. The zero-order chi connectivity index (χ0) is 24.0. The van der Waals surface area contributed by atoms with E-state index in [0.29, 0.717) is 19.7 Å². The van der Waals surface area contributed by atoms with Gasteiger partial charge >= 0.3 is 6.09 Å². The van der Waals surface area contributed by atoms with E-state index in [2.05, 4.69) is 34.6 Å². The quantitative estimate of drug-likeness (QED) is 0.503. The summed E-state index contributed by atoms with van der Waals surface area (Å²) in [6.45, 7) is 7.96. The largest absolute Gasteiger partial charge is 0.444 e. The number of benzene rings is 2. The van der Waals surface area contributed by atoms with Gasteiger partial charge in [-0.05, 0) is 44.7 Å². The third kappa shape index (κ3) is 6.67. The van der Waals surface area contributed by atoms with E-state index in [4.69, 9.17) is 9.47 Å². The Labute approximate surface area is 201 Å². The molecule has 0 spiro atoms. The Morgan fingerprint density at radius 1 is 1.03 bits per heavy atom. The number of aryl methyl sites for hydroxylation is 2. The molecule has 0 radical (unpaired) electrons. The monoisotopic (exact) mass is 462 g/mol. The lowest BCUT2D eigenvalue weighted by molar-refractivity contribution is -0.0366. The number of likely N-dealkylation sites (tertiary alicyclic amines) is 1. The minimum Gasteiger partial charge on any atom is -0.444 e. The summed E-state index contributed by atoms with van der Waals surface area (Å²) < 4.78 is 13.9. The van der Waals surface area contributed by atoms with Gasteiger partial charge in [0.15, 0.2) is 0 Å². The summed E-state index contributed by atoms with van der Waals surface area (Å²) in [4.78, 5) is 14.5. The van der Waals surface area contributed by atoms with Gasteiger partial charge in [-0.2, -0.15) is 0 Å². The number of hydrogen-bond donors (Lipinski definition) is 0. The molecule has 7 nitrogen and oxygen atoms in total. The van der Waals surface area contributed by atoms with Crippen molar-refractivity contribution in [1.29, 1.82) is 0 Å². The van der Waals surface area contributed by atoms with E-state index in [9.17, 15) is 4.79 Å². The van der Waals surface area contributed by atoms with Crippen molar-refractivity contribution in [2.75, 3.05) is 13.1 Å². The van der Waals surface area contributed by atoms with Crippen molar-refractivity contribution < 1.29 is 14.3 Å². The van der Waals surface area contributed by atoms with Crippen LogP contribution in [0.25, 0.3) is 0 Å². The van der Waals surface area contributed by atoms with E-state index >= 15 is 0 Å². The molecule has 0 saturated carbocycles. The van der Waals surface area contributed by atoms with Crippen molar-refractivity contribution in [3.05, 3.63) is 83.7 Å². The maximum absolute atomic E-state index is 12.7. The second-order valence-corrected chi connectivity index (χ2v) is 9.80. The molecule has 0 N–H and O–H groups in total. The molecule has 0 aliphatic carbocycles. The summed E-state index contributed by atoms with van der Waals surface area (Å²) in [7, 11) is 0. The minimum absolute atomic E-state index is 0.0628. The summed E-state index contributed by atoms with van der Waals surface area (Å²) in [5, 5.41) is 8.85.